The number of carbonyl (C=O) groups is 1. The summed E-state index contributed by atoms with van der Waals surface area (Å²) >= 11 is 8.20. The van der Waals surface area contributed by atoms with E-state index in [2.05, 4.69) is 21.2 Å². The third kappa shape index (κ3) is 5.06. The van der Waals surface area contributed by atoms with Crippen LogP contribution in [0.25, 0.3) is 0 Å². The molecular weight excluding hydrogens is 616 g/mol. The van der Waals surface area contributed by atoms with Crippen molar-refractivity contribution in [2.75, 3.05) is 17.7 Å². The van der Waals surface area contributed by atoms with E-state index in [9.17, 15) is 57.5 Å². The van der Waals surface area contributed by atoms with Gasteiger partial charge in [-0.15, -0.1) is 0 Å². The van der Waals surface area contributed by atoms with Crippen molar-refractivity contribution in [2.24, 2.45) is 0 Å². The summed E-state index contributed by atoms with van der Waals surface area (Å²) in [6.45, 7) is 0. The Labute approximate surface area is 206 Å². The molecule has 0 saturated carbocycles. The molecule has 0 saturated heterocycles. The summed E-state index contributed by atoms with van der Waals surface area (Å²) in [5.41, 5.74) is -13.6. The SMILES string of the molecule is CNc1cccc(C(=O)Nc2c(Br)cc(C(F)(C(F)(F)F)C(F)(F)F)cc2C(F)(F)C(F)(F)F)c1Cl. The first-order valence-electron chi connectivity index (χ1n) is 9.00. The molecule has 17 heteroatoms. The van der Waals surface area contributed by atoms with Gasteiger partial charge in [0.15, 0.2) is 0 Å². The van der Waals surface area contributed by atoms with Crippen molar-refractivity contribution in [3.8, 4) is 0 Å². The van der Waals surface area contributed by atoms with Gasteiger partial charge >= 0.3 is 30.1 Å². The van der Waals surface area contributed by atoms with Crippen LogP contribution in [-0.4, -0.2) is 31.5 Å². The van der Waals surface area contributed by atoms with Crippen molar-refractivity contribution in [3.63, 3.8) is 0 Å². The van der Waals surface area contributed by atoms with Crippen LogP contribution in [0.5, 0.6) is 0 Å². The largest absolute Gasteiger partial charge is 0.458 e. The van der Waals surface area contributed by atoms with Crippen LogP contribution in [0.2, 0.25) is 5.02 Å². The van der Waals surface area contributed by atoms with Gasteiger partial charge in [-0.2, -0.15) is 48.3 Å². The molecule has 0 aliphatic carbocycles. The van der Waals surface area contributed by atoms with E-state index < -0.39 is 68.9 Å². The minimum absolute atomic E-state index is 0.0946. The highest BCUT2D eigenvalue weighted by molar-refractivity contribution is 9.10. The molecule has 200 valence electrons. The number of benzene rings is 2. The monoisotopic (exact) mass is 624 g/mol. The van der Waals surface area contributed by atoms with Gasteiger partial charge in [0.2, 0.25) is 0 Å². The van der Waals surface area contributed by atoms with E-state index in [0.29, 0.717) is 0 Å². The fraction of sp³-hybridized carbons (Fsp3) is 0.316. The van der Waals surface area contributed by atoms with Crippen LogP contribution in [0.15, 0.2) is 34.8 Å². The van der Waals surface area contributed by atoms with E-state index in [1.807, 2.05) is 0 Å². The topological polar surface area (TPSA) is 41.1 Å². The second kappa shape index (κ2) is 9.50. The Morgan fingerprint density at radius 3 is 1.83 bits per heavy atom. The van der Waals surface area contributed by atoms with Gasteiger partial charge in [-0.05, 0) is 40.2 Å². The number of halogens is 14. The van der Waals surface area contributed by atoms with Crippen molar-refractivity contribution in [2.45, 2.75) is 30.1 Å². The van der Waals surface area contributed by atoms with E-state index in [1.165, 1.54) is 19.2 Å². The molecule has 0 unspecified atom stereocenters. The predicted octanol–water partition coefficient (Wildman–Crippen LogP) is 8.34. The number of rotatable bonds is 5. The highest BCUT2D eigenvalue weighted by atomic mass is 79.9. The molecule has 2 N–H and O–H groups in total. The Morgan fingerprint density at radius 2 is 1.39 bits per heavy atom. The molecule has 1 amide bonds. The van der Waals surface area contributed by atoms with E-state index in [0.717, 1.165) is 6.07 Å². The highest BCUT2D eigenvalue weighted by Gasteiger charge is 2.74. The lowest BCUT2D eigenvalue weighted by molar-refractivity contribution is -0.348. The summed E-state index contributed by atoms with van der Waals surface area (Å²) in [5, 5.41) is 3.73. The molecule has 0 fully saturated rings. The molecule has 0 aromatic heterocycles. The lowest BCUT2D eigenvalue weighted by atomic mass is 9.90. The molecule has 2 aromatic carbocycles. The summed E-state index contributed by atoms with van der Waals surface area (Å²) in [4.78, 5) is 12.6. The Hall–Kier alpha value is -2.36. The third-order valence-electron chi connectivity index (χ3n) is 4.71. The van der Waals surface area contributed by atoms with Crippen LogP contribution >= 0.6 is 27.5 Å². The second-order valence-electron chi connectivity index (χ2n) is 6.98. The first-order chi connectivity index (χ1) is 16.1. The van der Waals surface area contributed by atoms with Gasteiger partial charge < -0.3 is 10.6 Å². The maximum atomic E-state index is 14.5. The second-order valence-corrected chi connectivity index (χ2v) is 8.21. The van der Waals surface area contributed by atoms with Crippen molar-refractivity contribution in [1.29, 1.82) is 0 Å². The molecule has 36 heavy (non-hydrogen) atoms. The lowest BCUT2D eigenvalue weighted by Crippen LogP contribution is -2.50. The minimum Gasteiger partial charge on any atom is -0.387 e. The zero-order chi connectivity index (χ0) is 28.1. The number of nitrogens with one attached hydrogen (secondary N) is 2. The molecule has 0 aliphatic heterocycles. The number of alkyl halides is 12. The molecular formula is C19H10BrClF12N2O. The zero-order valence-corrected chi connectivity index (χ0v) is 19.4. The Bertz CT molecular complexity index is 1150. The van der Waals surface area contributed by atoms with Crippen LogP contribution in [0, 0.1) is 0 Å². The van der Waals surface area contributed by atoms with Crippen LogP contribution in [0.1, 0.15) is 21.5 Å². The zero-order valence-electron chi connectivity index (χ0n) is 17.1. The van der Waals surface area contributed by atoms with Crippen LogP contribution in [0.3, 0.4) is 0 Å². The maximum Gasteiger partial charge on any atom is 0.458 e. The minimum atomic E-state index is -6.82. The number of carbonyl (C=O) groups excluding carboxylic acids is 1. The van der Waals surface area contributed by atoms with Gasteiger partial charge in [-0.25, -0.2) is 4.39 Å². The molecule has 0 heterocycles. The summed E-state index contributed by atoms with van der Waals surface area (Å²) in [5.74, 6) is -7.62. The number of anilines is 2. The molecule has 0 bridgehead atoms. The van der Waals surface area contributed by atoms with E-state index in [-0.39, 0.29) is 16.8 Å². The smallest absolute Gasteiger partial charge is 0.387 e. The molecule has 3 nitrogen and oxygen atoms in total. The van der Waals surface area contributed by atoms with Gasteiger partial charge in [0, 0.05) is 17.1 Å². The van der Waals surface area contributed by atoms with Crippen molar-refractivity contribution in [1.82, 2.24) is 0 Å². The standard InChI is InChI=1S/C19H10BrClF12N2O/c1-34-11-4-2-3-8(12(11)21)14(36)35-13-9(16(23,24)19(31,32)33)5-7(6-10(13)20)15(22,17(25,26)27)18(28,29)30/h2-6,34H,1H3,(H,35,36). The molecule has 0 aliphatic rings. The van der Waals surface area contributed by atoms with E-state index >= 15 is 0 Å². The van der Waals surface area contributed by atoms with Gasteiger partial charge in [0.05, 0.1) is 27.5 Å². The summed E-state index contributed by atoms with van der Waals surface area (Å²) < 4.78 is 160. The molecule has 0 atom stereocenters. The highest BCUT2D eigenvalue weighted by Crippen LogP contribution is 2.56. The van der Waals surface area contributed by atoms with E-state index in [4.69, 9.17) is 11.6 Å². The van der Waals surface area contributed by atoms with Gasteiger partial charge in [0.1, 0.15) is 0 Å². The summed E-state index contributed by atoms with van der Waals surface area (Å²) in [6.07, 6.45) is -20.2. The van der Waals surface area contributed by atoms with Gasteiger partial charge in [-0.3, -0.25) is 4.79 Å². The number of hydrogen-bond donors (Lipinski definition) is 2. The summed E-state index contributed by atoms with van der Waals surface area (Å²) in [6, 6.07) is 2.25. The molecule has 2 rings (SSSR count). The number of hydrogen-bond acceptors (Lipinski definition) is 2. The van der Waals surface area contributed by atoms with Crippen LogP contribution in [0.4, 0.5) is 64.1 Å². The molecule has 2 aromatic rings. The average Bonchev–Trinajstić information content (AvgIpc) is 2.71. The van der Waals surface area contributed by atoms with E-state index in [1.54, 1.807) is 5.32 Å². The lowest BCUT2D eigenvalue weighted by Gasteiger charge is -2.32. The third-order valence-corrected chi connectivity index (χ3v) is 5.75. The fourth-order valence-corrected chi connectivity index (χ4v) is 3.77. The van der Waals surface area contributed by atoms with Crippen molar-refractivity contribution in [3.05, 3.63) is 56.5 Å². The van der Waals surface area contributed by atoms with Gasteiger partial charge in [-0.1, -0.05) is 17.7 Å². The average molecular weight is 626 g/mol. The van der Waals surface area contributed by atoms with Crippen LogP contribution < -0.4 is 10.6 Å². The normalized spacial score (nSPS) is 13.5. The van der Waals surface area contributed by atoms with Crippen molar-refractivity contribution < 1.29 is 57.5 Å². The Morgan fingerprint density at radius 1 is 0.861 bits per heavy atom. The predicted molar refractivity (Wildman–Crippen MR) is 108 cm³/mol. The molecule has 0 spiro atoms. The maximum absolute atomic E-state index is 14.5. The molecule has 0 radical (unpaired) electrons. The van der Waals surface area contributed by atoms with Crippen molar-refractivity contribution >= 4 is 44.8 Å². The van der Waals surface area contributed by atoms with Gasteiger partial charge in [0.25, 0.3) is 5.91 Å². The fourth-order valence-electron chi connectivity index (χ4n) is 2.90. The van der Waals surface area contributed by atoms with Crippen LogP contribution in [-0.2, 0) is 11.6 Å². The quantitative estimate of drug-likeness (QED) is 0.328. The first-order valence-corrected chi connectivity index (χ1v) is 10.2. The first kappa shape index (κ1) is 29.9. The Kier molecular flexibility index (Phi) is 7.88. The summed E-state index contributed by atoms with van der Waals surface area (Å²) in [7, 11) is 1.35. The Balaban J connectivity index is 2.86. The number of amides is 1.